The lowest BCUT2D eigenvalue weighted by molar-refractivity contribution is -0.183. The lowest BCUT2D eigenvalue weighted by Crippen LogP contribution is -2.37. The monoisotopic (exact) mass is 462 g/mol. The number of nitriles is 1. The molecule has 0 spiro atoms. The first-order chi connectivity index (χ1) is 16.6. The summed E-state index contributed by atoms with van der Waals surface area (Å²) in [5.41, 5.74) is 2.86. The molecule has 34 heavy (non-hydrogen) atoms. The minimum atomic E-state index is -0.473. The average molecular weight is 463 g/mol. The van der Waals surface area contributed by atoms with Gasteiger partial charge >= 0.3 is 0 Å². The number of aromatic nitrogens is 2. The van der Waals surface area contributed by atoms with E-state index in [4.69, 9.17) is 14.8 Å². The zero-order chi connectivity index (χ0) is 23.7. The van der Waals surface area contributed by atoms with Gasteiger partial charge in [-0.2, -0.15) is 5.26 Å². The summed E-state index contributed by atoms with van der Waals surface area (Å²) >= 11 is 0. The third kappa shape index (κ3) is 4.36. The van der Waals surface area contributed by atoms with Crippen LogP contribution in [-0.4, -0.2) is 34.2 Å². The number of amides is 1. The zero-order valence-electron chi connectivity index (χ0n) is 19.1. The van der Waals surface area contributed by atoms with Crippen molar-refractivity contribution in [3.8, 4) is 11.8 Å². The van der Waals surface area contributed by atoms with Gasteiger partial charge in [-0.1, -0.05) is 0 Å². The van der Waals surface area contributed by atoms with Gasteiger partial charge in [-0.05, 0) is 61.4 Å². The smallest absolute Gasteiger partial charge is 0.249 e. The number of benzene rings is 1. The Morgan fingerprint density at radius 1 is 1.24 bits per heavy atom. The number of hydrogen-bond donors (Lipinski definition) is 0. The minimum absolute atomic E-state index is 0.0379. The fourth-order valence-electron chi connectivity index (χ4n) is 5.22. The maximum absolute atomic E-state index is 14.0. The molecule has 5 rings (SSSR count). The van der Waals surface area contributed by atoms with Crippen molar-refractivity contribution in [1.29, 1.82) is 5.26 Å². The van der Waals surface area contributed by atoms with Gasteiger partial charge in [0, 0.05) is 31.1 Å². The largest absolute Gasteiger partial charge is 0.495 e. The molecule has 0 bridgehead atoms. The number of carbonyl (C=O) groups excluding carboxylic acids is 1. The van der Waals surface area contributed by atoms with Crippen molar-refractivity contribution in [2.75, 3.05) is 13.7 Å². The van der Waals surface area contributed by atoms with E-state index in [0.29, 0.717) is 24.5 Å². The third-order valence-electron chi connectivity index (χ3n) is 7.04. The Kier molecular flexibility index (Phi) is 6.20. The molecule has 0 N–H and O–H groups in total. The van der Waals surface area contributed by atoms with E-state index in [2.05, 4.69) is 15.7 Å². The van der Waals surface area contributed by atoms with Crippen molar-refractivity contribution in [2.24, 2.45) is 11.8 Å². The van der Waals surface area contributed by atoms with Gasteiger partial charge in [-0.3, -0.25) is 14.6 Å². The Morgan fingerprint density at radius 2 is 2.06 bits per heavy atom. The molecule has 1 aromatic carbocycles. The molecule has 176 valence electrons. The number of nitrogens with zero attached hydrogens (tertiary/aromatic N) is 4. The Bertz CT molecular complexity index is 1240. The van der Waals surface area contributed by atoms with Crippen molar-refractivity contribution < 1.29 is 18.8 Å². The second-order valence-corrected chi connectivity index (χ2v) is 9.15. The Balaban J connectivity index is 1.23. The number of ether oxygens (including phenoxy) is 1. The number of fused-ring (bicyclic) bond motifs is 1. The standard InChI is InChI=1S/C26H27FN4O3/c1-33-22-13-25-23(29-15-22)6-8-30(25)16-17-2-4-19(5-3-17)26(32)31-24(7-9-34-31)20-10-18(14-28)11-21(27)12-20/h6,8,10-13,15,17,19,24H,2-5,7,9,16H2,1H3/t17-,19-,24-/m0/s1. The van der Waals surface area contributed by atoms with E-state index in [1.807, 2.05) is 18.2 Å². The van der Waals surface area contributed by atoms with E-state index >= 15 is 0 Å². The van der Waals surface area contributed by atoms with Gasteiger partial charge in [0.05, 0.1) is 48.6 Å². The molecule has 2 aliphatic rings. The first-order valence-electron chi connectivity index (χ1n) is 11.7. The van der Waals surface area contributed by atoms with Crippen molar-refractivity contribution >= 4 is 16.9 Å². The van der Waals surface area contributed by atoms with Crippen LogP contribution in [0, 0.1) is 29.0 Å². The fourth-order valence-corrected chi connectivity index (χ4v) is 5.22. The lowest BCUT2D eigenvalue weighted by Gasteiger charge is -2.32. The van der Waals surface area contributed by atoms with E-state index in [0.717, 1.165) is 49.0 Å². The van der Waals surface area contributed by atoms with Crippen LogP contribution in [0.1, 0.15) is 49.3 Å². The maximum atomic E-state index is 14.0. The van der Waals surface area contributed by atoms with E-state index in [1.54, 1.807) is 19.4 Å². The number of carbonyl (C=O) groups is 1. The van der Waals surface area contributed by atoms with Crippen LogP contribution < -0.4 is 4.74 Å². The van der Waals surface area contributed by atoms with Crippen LogP contribution in [-0.2, 0) is 16.2 Å². The molecule has 2 fully saturated rings. The highest BCUT2D eigenvalue weighted by molar-refractivity contribution is 5.79. The van der Waals surface area contributed by atoms with Gasteiger partial charge in [0.2, 0.25) is 5.91 Å². The molecule has 8 heteroatoms. The molecule has 1 atom stereocenters. The SMILES string of the molecule is COc1cnc2ccn(C[C@H]3CC[C@H](C(=O)N4OCC[C@H]4c4cc(F)cc(C#N)c4)CC3)c2c1. The molecule has 7 nitrogen and oxygen atoms in total. The van der Waals surface area contributed by atoms with Gasteiger partial charge in [0.1, 0.15) is 11.6 Å². The molecular formula is C26H27FN4O3. The number of pyridine rings is 1. The number of hydrogen-bond acceptors (Lipinski definition) is 5. The van der Waals surface area contributed by atoms with Gasteiger partial charge in [0.15, 0.2) is 0 Å². The summed E-state index contributed by atoms with van der Waals surface area (Å²) in [5.74, 6) is 0.594. The third-order valence-corrected chi connectivity index (χ3v) is 7.04. The van der Waals surface area contributed by atoms with Crippen LogP contribution in [0.3, 0.4) is 0 Å². The predicted molar refractivity (Wildman–Crippen MR) is 123 cm³/mol. The molecule has 2 aromatic heterocycles. The second-order valence-electron chi connectivity index (χ2n) is 9.15. The normalized spacial score (nSPS) is 22.6. The van der Waals surface area contributed by atoms with Crippen LogP contribution in [0.15, 0.2) is 42.7 Å². The molecule has 3 aromatic rings. The highest BCUT2D eigenvalue weighted by Crippen LogP contribution is 2.37. The zero-order valence-corrected chi connectivity index (χ0v) is 19.1. The van der Waals surface area contributed by atoms with Crippen LogP contribution in [0.2, 0.25) is 0 Å². The van der Waals surface area contributed by atoms with Crippen LogP contribution >= 0.6 is 0 Å². The number of hydroxylamine groups is 2. The van der Waals surface area contributed by atoms with E-state index in [1.165, 1.54) is 17.2 Å². The predicted octanol–water partition coefficient (Wildman–Crippen LogP) is 4.77. The van der Waals surface area contributed by atoms with Crippen molar-refractivity contribution in [3.05, 3.63) is 59.7 Å². The van der Waals surface area contributed by atoms with Crippen LogP contribution in [0.4, 0.5) is 4.39 Å². The average Bonchev–Trinajstić information content (AvgIpc) is 3.51. The summed E-state index contributed by atoms with van der Waals surface area (Å²) in [5, 5.41) is 10.6. The summed E-state index contributed by atoms with van der Waals surface area (Å²) in [4.78, 5) is 23.4. The lowest BCUT2D eigenvalue weighted by atomic mass is 9.81. The molecule has 0 radical (unpaired) electrons. The number of methoxy groups -OCH3 is 1. The van der Waals surface area contributed by atoms with Crippen LogP contribution in [0.25, 0.3) is 11.0 Å². The van der Waals surface area contributed by atoms with E-state index in [-0.39, 0.29) is 23.4 Å². The number of rotatable bonds is 5. The van der Waals surface area contributed by atoms with Gasteiger partial charge in [-0.25, -0.2) is 9.45 Å². The molecule has 1 aliphatic heterocycles. The van der Waals surface area contributed by atoms with Crippen molar-refractivity contribution in [2.45, 2.75) is 44.7 Å². The second kappa shape index (κ2) is 9.43. The highest BCUT2D eigenvalue weighted by Gasteiger charge is 2.37. The van der Waals surface area contributed by atoms with Crippen molar-refractivity contribution in [3.63, 3.8) is 0 Å². The summed E-state index contributed by atoms with van der Waals surface area (Å²) in [6, 6.07) is 9.88. The van der Waals surface area contributed by atoms with Gasteiger partial charge < -0.3 is 9.30 Å². The summed E-state index contributed by atoms with van der Waals surface area (Å²) < 4.78 is 21.5. The summed E-state index contributed by atoms with van der Waals surface area (Å²) in [6.07, 6.45) is 7.86. The summed E-state index contributed by atoms with van der Waals surface area (Å²) in [7, 11) is 1.64. The Hall–Kier alpha value is -3.44. The molecule has 1 saturated heterocycles. The van der Waals surface area contributed by atoms with Gasteiger partial charge in [-0.15, -0.1) is 0 Å². The Morgan fingerprint density at radius 3 is 2.82 bits per heavy atom. The molecular weight excluding hydrogens is 435 g/mol. The maximum Gasteiger partial charge on any atom is 0.249 e. The molecule has 3 heterocycles. The van der Waals surface area contributed by atoms with Gasteiger partial charge in [0.25, 0.3) is 0 Å². The topological polar surface area (TPSA) is 80.4 Å². The van der Waals surface area contributed by atoms with E-state index in [9.17, 15) is 9.18 Å². The first kappa shape index (κ1) is 22.4. The summed E-state index contributed by atoms with van der Waals surface area (Å²) in [6.45, 7) is 1.28. The quantitative estimate of drug-likeness (QED) is 0.546. The van der Waals surface area contributed by atoms with E-state index < -0.39 is 5.82 Å². The van der Waals surface area contributed by atoms with Crippen molar-refractivity contribution in [1.82, 2.24) is 14.6 Å². The molecule has 1 aliphatic carbocycles. The fraction of sp³-hybridized carbons (Fsp3) is 0.423. The molecule has 1 saturated carbocycles. The van der Waals surface area contributed by atoms with Crippen LogP contribution in [0.5, 0.6) is 5.75 Å². The Labute approximate surface area is 197 Å². The molecule has 1 amide bonds. The number of halogens is 1. The molecule has 0 unspecified atom stereocenters. The first-order valence-corrected chi connectivity index (χ1v) is 11.7. The highest BCUT2D eigenvalue weighted by atomic mass is 19.1. The minimum Gasteiger partial charge on any atom is -0.495 e.